The number of esters is 2. The molecule has 2 aromatic heterocycles. The predicted molar refractivity (Wildman–Crippen MR) is 144 cm³/mol. The second kappa shape index (κ2) is 18.8. The molecule has 0 bridgehead atoms. The Labute approximate surface area is 212 Å². The zero-order valence-corrected chi connectivity index (χ0v) is 23.0. The third-order valence-electron chi connectivity index (χ3n) is 2.84. The molecule has 0 saturated heterocycles. The van der Waals surface area contributed by atoms with E-state index in [1.165, 1.54) is 66.8 Å². The highest BCUT2D eigenvalue weighted by atomic mass is 33.3. The number of hydrogen-bond acceptors (Lipinski definition) is 9. The number of nitrogens with two attached hydrogens (primary N) is 1. The maximum atomic E-state index is 11.1. The molecule has 0 radical (unpaired) electrons. The molecular weight excluding hydrogens is 567 g/mol. The van der Waals surface area contributed by atoms with Gasteiger partial charge in [0.2, 0.25) is 0 Å². The summed E-state index contributed by atoms with van der Waals surface area (Å²) in [6, 6.07) is 5.92. The first-order valence-electron chi connectivity index (χ1n) is 7.75. The number of carbonyl (C=O) groups is 2. The van der Waals surface area contributed by atoms with Crippen LogP contribution < -0.4 is 5.73 Å². The lowest BCUT2D eigenvalue weighted by Crippen LogP contribution is -2.13. The molecule has 0 aliphatic heterocycles. The van der Waals surface area contributed by atoms with Crippen molar-refractivity contribution in [1.82, 2.24) is 9.97 Å². The Morgan fingerprint density at radius 1 is 1.12 bits per heavy atom. The Hall–Kier alpha value is -1.68. The Kier molecular flexibility index (Phi) is 17.9. The van der Waals surface area contributed by atoms with E-state index in [9.17, 15) is 9.59 Å². The van der Waals surface area contributed by atoms with E-state index in [2.05, 4.69) is 47.3 Å². The fourth-order valence-electron chi connectivity index (χ4n) is 1.57. The number of methoxy groups -OCH3 is 2. The zero-order chi connectivity index (χ0) is 24.4. The first-order chi connectivity index (χ1) is 15.3. The van der Waals surface area contributed by atoms with E-state index >= 15 is 0 Å². The molecule has 32 heavy (non-hydrogen) atoms. The SMILES string of the molecule is COC(=O)c1ccnc(C(N)=S)c1.S=PP=S=S=S=S.[C-]#[N+]c1cc(C(=O)OC)ccn1. The van der Waals surface area contributed by atoms with Gasteiger partial charge in [-0.3, -0.25) is 4.98 Å². The van der Waals surface area contributed by atoms with Crippen LogP contribution in [0.4, 0.5) is 5.82 Å². The quantitative estimate of drug-likeness (QED) is 0.249. The standard InChI is InChI=1S/C8H8N2O2S.C8H6N2O2.P2S5/c1-12-8(11)5-2-3-10-6(4-5)7(9)13;1-9-7-5-6(3-4-10-7)8(11)12-2;3-1-2-5-7-6-4/h2-4H,1H3,(H2,9,13);3-5H,2H3;. The molecule has 168 valence electrons. The first-order valence-corrected chi connectivity index (χ1v) is 16.7. The van der Waals surface area contributed by atoms with Gasteiger partial charge in [0.05, 0.1) is 31.0 Å². The first kappa shape index (κ1) is 30.3. The highest BCUT2D eigenvalue weighted by Crippen LogP contribution is 2.12. The summed E-state index contributed by atoms with van der Waals surface area (Å²) in [4.78, 5) is 32.8. The van der Waals surface area contributed by atoms with Crippen molar-refractivity contribution in [2.45, 2.75) is 0 Å². The molecule has 0 aliphatic carbocycles. The summed E-state index contributed by atoms with van der Waals surface area (Å²) in [6.45, 7) is 6.65. The predicted octanol–water partition coefficient (Wildman–Crippen LogP) is 3.63. The van der Waals surface area contributed by atoms with Gasteiger partial charge in [-0.15, -0.1) is 4.98 Å². The maximum absolute atomic E-state index is 11.1. The molecule has 2 heterocycles. The normalized spacial score (nSPS) is 8.91. The van der Waals surface area contributed by atoms with Crippen molar-refractivity contribution >= 4 is 99.3 Å². The summed E-state index contributed by atoms with van der Waals surface area (Å²) in [7, 11) is 9.43. The lowest BCUT2D eigenvalue weighted by Gasteiger charge is -2.00. The minimum Gasteiger partial charge on any atom is -0.465 e. The van der Waals surface area contributed by atoms with E-state index in [1.807, 2.05) is 0 Å². The van der Waals surface area contributed by atoms with E-state index < -0.39 is 11.9 Å². The van der Waals surface area contributed by atoms with Crippen LogP contribution in [0.5, 0.6) is 0 Å². The highest BCUT2D eigenvalue weighted by Gasteiger charge is 2.07. The molecule has 0 saturated carbocycles. The molecule has 0 amide bonds. The number of carbonyl (C=O) groups excluding carboxylic acids is 2. The number of hydrogen-bond donors (Lipinski definition) is 1. The smallest absolute Gasteiger partial charge is 0.337 e. The van der Waals surface area contributed by atoms with Crippen LogP contribution >= 0.6 is 26.3 Å². The van der Waals surface area contributed by atoms with E-state index in [-0.39, 0.29) is 10.8 Å². The van der Waals surface area contributed by atoms with E-state index in [0.717, 1.165) is 7.04 Å². The Balaban J connectivity index is 0.000000473. The van der Waals surface area contributed by atoms with Crippen LogP contribution in [0.25, 0.3) is 4.85 Å². The van der Waals surface area contributed by atoms with Crippen LogP contribution in [-0.2, 0) is 59.7 Å². The summed E-state index contributed by atoms with van der Waals surface area (Å²) in [5.74, 6) is -0.694. The van der Waals surface area contributed by atoms with Crippen molar-refractivity contribution in [3.8, 4) is 0 Å². The van der Waals surface area contributed by atoms with Crippen molar-refractivity contribution in [3.05, 3.63) is 64.9 Å². The lowest BCUT2D eigenvalue weighted by molar-refractivity contribution is 0.0592. The van der Waals surface area contributed by atoms with Crippen molar-refractivity contribution in [1.29, 1.82) is 0 Å². The average Bonchev–Trinajstić information content (AvgIpc) is 2.84. The van der Waals surface area contributed by atoms with Crippen LogP contribution in [0.2, 0.25) is 0 Å². The van der Waals surface area contributed by atoms with Crippen LogP contribution in [0.15, 0.2) is 36.7 Å². The number of pyridine rings is 2. The molecule has 0 atom stereocenters. The van der Waals surface area contributed by atoms with Gasteiger partial charge in [0, 0.05) is 20.3 Å². The minimum absolute atomic E-state index is 0.158. The van der Waals surface area contributed by atoms with Crippen LogP contribution in [-0.4, -0.2) is 41.1 Å². The second-order valence-corrected chi connectivity index (χ2v) is 14.8. The molecule has 2 aromatic rings. The van der Waals surface area contributed by atoms with Gasteiger partial charge in [-0.1, -0.05) is 18.8 Å². The summed E-state index contributed by atoms with van der Waals surface area (Å²) >= 11 is 13.9. The van der Waals surface area contributed by atoms with Gasteiger partial charge in [0.1, 0.15) is 11.2 Å². The van der Waals surface area contributed by atoms with Gasteiger partial charge in [-0.2, -0.15) is 0 Å². The summed E-state index contributed by atoms with van der Waals surface area (Å²) in [5, 5.41) is 0. The molecule has 2 rings (SSSR count). The number of rotatable bonds is 4. The zero-order valence-electron chi connectivity index (χ0n) is 16.4. The summed E-state index contributed by atoms with van der Waals surface area (Å²) < 4.78 is 8.99. The molecule has 2 N–H and O–H groups in total. The van der Waals surface area contributed by atoms with Gasteiger partial charge in [-0.05, 0) is 74.5 Å². The van der Waals surface area contributed by atoms with Crippen LogP contribution in [0.1, 0.15) is 26.4 Å². The number of nitrogens with zero attached hydrogens (tertiary/aromatic N) is 3. The number of thiocarbonyl (C=S) groups is 1. The molecule has 0 aliphatic rings. The molecule has 0 aromatic carbocycles. The van der Waals surface area contributed by atoms with Crippen molar-refractivity contribution in [2.75, 3.05) is 14.2 Å². The Morgan fingerprint density at radius 2 is 1.69 bits per heavy atom. The van der Waals surface area contributed by atoms with E-state index in [0.29, 0.717) is 16.8 Å². The van der Waals surface area contributed by atoms with Gasteiger partial charge < -0.3 is 20.1 Å². The molecule has 0 unspecified atom stereocenters. The maximum Gasteiger partial charge on any atom is 0.337 e. The summed E-state index contributed by atoms with van der Waals surface area (Å²) in [6.07, 6.45) is 2.86. The van der Waals surface area contributed by atoms with Crippen molar-refractivity contribution in [3.63, 3.8) is 0 Å². The molecular formula is C16H14N4O4P2S6. The van der Waals surface area contributed by atoms with Crippen molar-refractivity contribution in [2.24, 2.45) is 5.73 Å². The molecule has 0 fully saturated rings. The number of aromatic nitrogens is 2. The monoisotopic (exact) mass is 580 g/mol. The van der Waals surface area contributed by atoms with Gasteiger partial charge in [-0.25, -0.2) is 9.59 Å². The Morgan fingerprint density at radius 3 is 2.16 bits per heavy atom. The van der Waals surface area contributed by atoms with Crippen LogP contribution in [0, 0.1) is 6.57 Å². The third-order valence-corrected chi connectivity index (χ3v) is 13.0. The van der Waals surface area contributed by atoms with Crippen molar-refractivity contribution < 1.29 is 19.1 Å². The van der Waals surface area contributed by atoms with E-state index in [4.69, 9.17) is 24.5 Å². The Bertz CT molecular complexity index is 1160. The fourth-order valence-corrected chi connectivity index (χ4v) is 11.3. The lowest BCUT2D eigenvalue weighted by atomic mass is 10.2. The van der Waals surface area contributed by atoms with Crippen LogP contribution in [0.3, 0.4) is 0 Å². The van der Waals surface area contributed by atoms with E-state index in [1.54, 1.807) is 18.4 Å². The van der Waals surface area contributed by atoms with Gasteiger partial charge >= 0.3 is 11.9 Å². The fraction of sp³-hybridized carbons (Fsp3) is 0.125. The highest BCUT2D eigenvalue weighted by molar-refractivity contribution is 8.63. The third kappa shape index (κ3) is 13.0. The van der Waals surface area contributed by atoms with Gasteiger partial charge in [0.25, 0.3) is 5.82 Å². The molecule has 0 spiro atoms. The largest absolute Gasteiger partial charge is 0.465 e. The average molecular weight is 581 g/mol. The second-order valence-electron chi connectivity index (χ2n) is 4.67. The topological polar surface area (TPSA) is 109 Å². The number of ether oxygens (including phenoxy) is 2. The molecule has 8 nitrogen and oxygen atoms in total. The van der Waals surface area contributed by atoms with Gasteiger partial charge in [0.15, 0.2) is 0 Å². The summed E-state index contributed by atoms with van der Waals surface area (Å²) in [5.41, 5.74) is 6.49. The minimum atomic E-state index is -0.456. The molecule has 16 heteroatoms.